The number of hydrogen-bond donors (Lipinski definition) is 1. The molecule has 0 aromatic heterocycles. The number of benzene rings is 1. The molecule has 1 aliphatic rings. The minimum atomic E-state index is -0.100. The first kappa shape index (κ1) is 14.9. The lowest BCUT2D eigenvalue weighted by molar-refractivity contribution is -0.133. The number of amides is 1. The summed E-state index contributed by atoms with van der Waals surface area (Å²) in [5.41, 5.74) is 1.04. The summed E-state index contributed by atoms with van der Waals surface area (Å²) in [5.74, 6) is 0.938. The largest absolute Gasteiger partial charge is 0.497 e. The second-order valence-electron chi connectivity index (χ2n) is 5.41. The zero-order chi connectivity index (χ0) is 14.5. The number of likely N-dealkylation sites (N-methyl/N-ethyl adjacent to an activating group) is 1. The number of rotatable bonds is 4. The number of methoxy groups -OCH3 is 1. The number of carbonyl (C=O) groups is 1. The first-order valence-corrected chi connectivity index (χ1v) is 7.25. The predicted octanol–water partition coefficient (Wildman–Crippen LogP) is 2.01. The lowest BCUT2D eigenvalue weighted by Gasteiger charge is -2.34. The van der Waals surface area contributed by atoms with E-state index in [0.29, 0.717) is 6.04 Å². The fourth-order valence-corrected chi connectivity index (χ4v) is 2.72. The Hall–Kier alpha value is -1.55. The SMILES string of the molecule is CNC1CCCN(C(=O)C(C)c2ccc(OC)cc2)C1. The van der Waals surface area contributed by atoms with Crippen LogP contribution in [-0.4, -0.2) is 44.1 Å². The maximum atomic E-state index is 12.6. The lowest BCUT2D eigenvalue weighted by atomic mass is 9.97. The van der Waals surface area contributed by atoms with Crippen LogP contribution in [-0.2, 0) is 4.79 Å². The second-order valence-corrected chi connectivity index (χ2v) is 5.41. The topological polar surface area (TPSA) is 41.6 Å². The molecule has 0 aliphatic carbocycles. The molecule has 2 rings (SSSR count). The summed E-state index contributed by atoms with van der Waals surface area (Å²) in [7, 11) is 3.61. The third-order valence-corrected chi connectivity index (χ3v) is 4.13. The van der Waals surface area contributed by atoms with Crippen molar-refractivity contribution in [1.29, 1.82) is 0 Å². The zero-order valence-corrected chi connectivity index (χ0v) is 12.6. The van der Waals surface area contributed by atoms with E-state index in [1.54, 1.807) is 7.11 Å². The van der Waals surface area contributed by atoms with Crippen molar-refractivity contribution in [1.82, 2.24) is 10.2 Å². The molecule has 110 valence electrons. The van der Waals surface area contributed by atoms with Crippen molar-refractivity contribution in [2.75, 3.05) is 27.2 Å². The predicted molar refractivity (Wildman–Crippen MR) is 80.1 cm³/mol. The van der Waals surface area contributed by atoms with Gasteiger partial charge in [-0.2, -0.15) is 0 Å². The van der Waals surface area contributed by atoms with Crippen molar-refractivity contribution in [3.05, 3.63) is 29.8 Å². The van der Waals surface area contributed by atoms with Crippen LogP contribution in [0.5, 0.6) is 5.75 Å². The van der Waals surface area contributed by atoms with Gasteiger partial charge in [0.1, 0.15) is 5.75 Å². The number of carbonyl (C=O) groups excluding carboxylic acids is 1. The minimum absolute atomic E-state index is 0.100. The highest BCUT2D eigenvalue weighted by molar-refractivity contribution is 5.83. The van der Waals surface area contributed by atoms with Crippen LogP contribution in [0.4, 0.5) is 0 Å². The number of nitrogens with zero attached hydrogens (tertiary/aromatic N) is 1. The van der Waals surface area contributed by atoms with Gasteiger partial charge < -0.3 is 15.0 Å². The van der Waals surface area contributed by atoms with Gasteiger partial charge in [0.2, 0.25) is 5.91 Å². The molecule has 0 radical (unpaired) electrons. The van der Waals surface area contributed by atoms with Crippen molar-refractivity contribution < 1.29 is 9.53 Å². The number of nitrogens with one attached hydrogen (secondary N) is 1. The highest BCUT2D eigenvalue weighted by Gasteiger charge is 2.26. The second kappa shape index (κ2) is 6.75. The zero-order valence-electron chi connectivity index (χ0n) is 12.6. The van der Waals surface area contributed by atoms with Gasteiger partial charge in [0.15, 0.2) is 0 Å². The maximum absolute atomic E-state index is 12.6. The van der Waals surface area contributed by atoms with Gasteiger partial charge in [0.05, 0.1) is 13.0 Å². The van der Waals surface area contributed by atoms with Crippen LogP contribution in [0.15, 0.2) is 24.3 Å². The Morgan fingerprint density at radius 3 is 2.70 bits per heavy atom. The van der Waals surface area contributed by atoms with Gasteiger partial charge in [-0.25, -0.2) is 0 Å². The molecule has 1 N–H and O–H groups in total. The van der Waals surface area contributed by atoms with Crippen molar-refractivity contribution in [2.45, 2.75) is 31.7 Å². The standard InChI is InChI=1S/C16H24N2O2/c1-12(13-6-8-15(20-3)9-7-13)16(19)18-10-4-5-14(11-18)17-2/h6-9,12,14,17H,4-5,10-11H2,1-3H3. The van der Waals surface area contributed by atoms with E-state index in [1.807, 2.05) is 43.1 Å². The average Bonchev–Trinajstić information content (AvgIpc) is 2.53. The molecule has 2 unspecified atom stereocenters. The van der Waals surface area contributed by atoms with Crippen molar-refractivity contribution in [3.63, 3.8) is 0 Å². The quantitative estimate of drug-likeness (QED) is 0.914. The summed E-state index contributed by atoms with van der Waals surface area (Å²) in [6.07, 6.45) is 2.23. The van der Waals surface area contributed by atoms with E-state index >= 15 is 0 Å². The van der Waals surface area contributed by atoms with E-state index in [0.717, 1.165) is 37.2 Å². The van der Waals surface area contributed by atoms with Gasteiger partial charge in [-0.05, 0) is 44.5 Å². The van der Waals surface area contributed by atoms with E-state index in [2.05, 4.69) is 5.32 Å². The van der Waals surface area contributed by atoms with Crippen LogP contribution in [0.1, 0.15) is 31.2 Å². The molecule has 4 heteroatoms. The smallest absolute Gasteiger partial charge is 0.229 e. The first-order valence-electron chi connectivity index (χ1n) is 7.25. The molecule has 0 saturated carbocycles. The maximum Gasteiger partial charge on any atom is 0.229 e. The summed E-state index contributed by atoms with van der Waals surface area (Å²) in [4.78, 5) is 14.6. The molecular formula is C16H24N2O2. The monoisotopic (exact) mass is 276 g/mol. The molecule has 1 amide bonds. The third kappa shape index (κ3) is 3.31. The normalized spacial score (nSPS) is 20.6. The van der Waals surface area contributed by atoms with Gasteiger partial charge >= 0.3 is 0 Å². The average molecular weight is 276 g/mol. The van der Waals surface area contributed by atoms with Crippen LogP contribution in [0.2, 0.25) is 0 Å². The van der Waals surface area contributed by atoms with Crippen LogP contribution < -0.4 is 10.1 Å². The summed E-state index contributed by atoms with van der Waals surface area (Å²) >= 11 is 0. The molecule has 1 aromatic rings. The van der Waals surface area contributed by atoms with E-state index in [9.17, 15) is 4.79 Å². The Balaban J connectivity index is 2.03. The van der Waals surface area contributed by atoms with E-state index in [-0.39, 0.29) is 11.8 Å². The van der Waals surface area contributed by atoms with Crippen LogP contribution in [0.25, 0.3) is 0 Å². The van der Waals surface area contributed by atoms with Gasteiger partial charge in [-0.3, -0.25) is 4.79 Å². The number of likely N-dealkylation sites (tertiary alicyclic amines) is 1. The summed E-state index contributed by atoms with van der Waals surface area (Å²) in [5, 5.41) is 3.27. The summed E-state index contributed by atoms with van der Waals surface area (Å²) < 4.78 is 5.15. The summed E-state index contributed by atoms with van der Waals surface area (Å²) in [6, 6.07) is 8.19. The van der Waals surface area contributed by atoms with Crippen molar-refractivity contribution in [2.24, 2.45) is 0 Å². The highest BCUT2D eigenvalue weighted by atomic mass is 16.5. The van der Waals surface area contributed by atoms with Gasteiger partial charge in [-0.1, -0.05) is 12.1 Å². The molecule has 1 aromatic carbocycles. The van der Waals surface area contributed by atoms with E-state index in [1.165, 1.54) is 0 Å². The third-order valence-electron chi connectivity index (χ3n) is 4.13. The van der Waals surface area contributed by atoms with Gasteiger partial charge in [0.25, 0.3) is 0 Å². The first-order chi connectivity index (χ1) is 9.65. The molecule has 1 aliphatic heterocycles. The molecule has 0 spiro atoms. The molecule has 1 heterocycles. The van der Waals surface area contributed by atoms with Gasteiger partial charge in [0, 0.05) is 19.1 Å². The molecular weight excluding hydrogens is 252 g/mol. The molecule has 1 saturated heterocycles. The summed E-state index contributed by atoms with van der Waals surface area (Å²) in [6.45, 7) is 3.67. The van der Waals surface area contributed by atoms with Crippen molar-refractivity contribution >= 4 is 5.91 Å². The molecule has 20 heavy (non-hydrogen) atoms. The molecule has 4 nitrogen and oxygen atoms in total. The molecule has 1 fully saturated rings. The lowest BCUT2D eigenvalue weighted by Crippen LogP contribution is -2.48. The van der Waals surface area contributed by atoms with Crippen LogP contribution >= 0.6 is 0 Å². The fourth-order valence-electron chi connectivity index (χ4n) is 2.72. The Morgan fingerprint density at radius 2 is 2.10 bits per heavy atom. The van der Waals surface area contributed by atoms with E-state index in [4.69, 9.17) is 4.74 Å². The number of ether oxygens (including phenoxy) is 1. The fraction of sp³-hybridized carbons (Fsp3) is 0.562. The Kier molecular flexibility index (Phi) is 5.01. The Morgan fingerprint density at radius 1 is 1.40 bits per heavy atom. The number of hydrogen-bond acceptors (Lipinski definition) is 3. The molecule has 0 bridgehead atoms. The van der Waals surface area contributed by atoms with Gasteiger partial charge in [-0.15, -0.1) is 0 Å². The van der Waals surface area contributed by atoms with Crippen LogP contribution in [0, 0.1) is 0 Å². The van der Waals surface area contributed by atoms with Crippen LogP contribution in [0.3, 0.4) is 0 Å². The Bertz CT molecular complexity index is 444. The minimum Gasteiger partial charge on any atom is -0.497 e. The Labute approximate surface area is 121 Å². The highest BCUT2D eigenvalue weighted by Crippen LogP contribution is 2.22. The molecule has 2 atom stereocenters. The number of piperidine rings is 1. The van der Waals surface area contributed by atoms with E-state index < -0.39 is 0 Å². The van der Waals surface area contributed by atoms with Crippen molar-refractivity contribution in [3.8, 4) is 5.75 Å².